The molecule has 0 spiro atoms. The highest BCUT2D eigenvalue weighted by molar-refractivity contribution is 9.10. The molecular weight excluding hydrogens is 288 g/mol. The van der Waals surface area contributed by atoms with Gasteiger partial charge >= 0.3 is 0 Å². The first kappa shape index (κ1) is 14.6. The molecule has 0 aliphatic heterocycles. The van der Waals surface area contributed by atoms with E-state index in [4.69, 9.17) is 9.47 Å². The molecule has 0 radical (unpaired) electrons. The molecule has 1 unspecified atom stereocenters. The zero-order valence-electron chi connectivity index (χ0n) is 10.6. The fraction of sp³-hybridized carbons (Fsp3) is 0.727. The fourth-order valence-corrected chi connectivity index (χ4v) is 2.61. The maximum absolute atomic E-state index is 10.6. The summed E-state index contributed by atoms with van der Waals surface area (Å²) in [6, 6.07) is 0. The molecule has 1 N–H and O–H groups in total. The molecule has 1 atom stereocenters. The largest absolute Gasteiger partial charge is 0.378 e. The Balaban J connectivity index is 3.16. The predicted octanol–water partition coefficient (Wildman–Crippen LogP) is 1.88. The Hall–Kier alpha value is -0.430. The minimum Gasteiger partial charge on any atom is -0.378 e. The fourth-order valence-electron chi connectivity index (χ4n) is 1.91. The maximum atomic E-state index is 10.6. The number of halogens is 1. The van der Waals surface area contributed by atoms with Crippen molar-refractivity contribution in [2.45, 2.75) is 38.7 Å². The van der Waals surface area contributed by atoms with E-state index in [0.717, 1.165) is 17.4 Å². The molecule has 1 heterocycles. The quantitative estimate of drug-likeness (QED) is 0.815. The number of hydrogen-bond donors (Lipinski definition) is 1. The van der Waals surface area contributed by atoms with E-state index < -0.39 is 11.9 Å². The molecule has 98 valence electrons. The van der Waals surface area contributed by atoms with Crippen molar-refractivity contribution in [3.63, 3.8) is 0 Å². The Labute approximate surface area is 110 Å². The molecule has 0 aliphatic carbocycles. The highest BCUT2D eigenvalue weighted by atomic mass is 79.9. The average Bonchev–Trinajstić information content (AvgIpc) is 2.62. The van der Waals surface area contributed by atoms with Gasteiger partial charge in [0.1, 0.15) is 0 Å². The van der Waals surface area contributed by atoms with Crippen molar-refractivity contribution in [2.75, 3.05) is 14.2 Å². The van der Waals surface area contributed by atoms with Crippen molar-refractivity contribution >= 4 is 15.9 Å². The summed E-state index contributed by atoms with van der Waals surface area (Å²) < 4.78 is 12.8. The van der Waals surface area contributed by atoms with Gasteiger partial charge in [0.2, 0.25) is 0 Å². The van der Waals surface area contributed by atoms with Gasteiger partial charge in [-0.15, -0.1) is 0 Å². The van der Waals surface area contributed by atoms with E-state index in [1.54, 1.807) is 17.8 Å². The second kappa shape index (κ2) is 5.95. The number of nitrogens with zero attached hydrogens (tertiary/aromatic N) is 2. The van der Waals surface area contributed by atoms with Gasteiger partial charge < -0.3 is 14.6 Å². The summed E-state index contributed by atoms with van der Waals surface area (Å²) in [6.45, 7) is 4.44. The van der Waals surface area contributed by atoms with Crippen molar-refractivity contribution in [3.05, 3.63) is 16.4 Å². The third kappa shape index (κ3) is 2.88. The van der Waals surface area contributed by atoms with Crippen molar-refractivity contribution < 1.29 is 14.6 Å². The molecule has 0 saturated carbocycles. The number of aromatic nitrogens is 2. The van der Waals surface area contributed by atoms with Gasteiger partial charge in [-0.05, 0) is 29.3 Å². The monoisotopic (exact) mass is 306 g/mol. The molecule has 1 aromatic heterocycles. The molecule has 5 nitrogen and oxygen atoms in total. The van der Waals surface area contributed by atoms with Crippen LogP contribution in [0.4, 0.5) is 0 Å². The number of aryl methyl sites for hydroxylation is 1. The molecule has 0 fully saturated rings. The van der Waals surface area contributed by atoms with Crippen LogP contribution in [-0.2, 0) is 21.6 Å². The smallest absolute Gasteiger partial charge is 0.191 e. The van der Waals surface area contributed by atoms with Gasteiger partial charge in [0.25, 0.3) is 0 Å². The molecule has 0 bridgehead atoms. The lowest BCUT2D eigenvalue weighted by Crippen LogP contribution is -2.41. The van der Waals surface area contributed by atoms with E-state index in [2.05, 4.69) is 28.0 Å². The second-order valence-corrected chi connectivity index (χ2v) is 4.87. The zero-order valence-corrected chi connectivity index (χ0v) is 12.2. The highest BCUT2D eigenvalue weighted by Gasteiger charge is 2.39. The van der Waals surface area contributed by atoms with Gasteiger partial charge in [-0.1, -0.05) is 6.92 Å². The number of aliphatic hydroxyl groups is 1. The number of rotatable bonds is 6. The number of methoxy groups -OCH3 is 2. The minimum absolute atomic E-state index is 0.660. The van der Waals surface area contributed by atoms with E-state index in [-0.39, 0.29) is 0 Å². The van der Waals surface area contributed by atoms with Gasteiger partial charge in [-0.3, -0.25) is 4.68 Å². The summed E-state index contributed by atoms with van der Waals surface area (Å²) in [6.07, 6.45) is 1.86. The van der Waals surface area contributed by atoms with Gasteiger partial charge in [0.05, 0.1) is 16.4 Å². The van der Waals surface area contributed by atoms with Crippen LogP contribution in [0, 0.1) is 0 Å². The van der Waals surface area contributed by atoms with Crippen LogP contribution in [0.15, 0.2) is 10.7 Å². The van der Waals surface area contributed by atoms with Gasteiger partial charge in [-0.2, -0.15) is 5.10 Å². The first-order chi connectivity index (χ1) is 7.98. The molecule has 1 aromatic rings. The Morgan fingerprint density at radius 3 is 2.59 bits per heavy atom. The summed E-state index contributed by atoms with van der Waals surface area (Å²) in [4.78, 5) is 0. The summed E-state index contributed by atoms with van der Waals surface area (Å²) in [5.74, 6) is 0. The van der Waals surface area contributed by atoms with E-state index >= 15 is 0 Å². The van der Waals surface area contributed by atoms with Crippen LogP contribution in [-0.4, -0.2) is 35.4 Å². The van der Waals surface area contributed by atoms with Crippen LogP contribution >= 0.6 is 15.9 Å². The van der Waals surface area contributed by atoms with E-state index in [0.29, 0.717) is 5.69 Å². The van der Waals surface area contributed by atoms with Gasteiger partial charge in [0, 0.05) is 20.8 Å². The van der Waals surface area contributed by atoms with Crippen molar-refractivity contribution in [1.82, 2.24) is 9.78 Å². The maximum Gasteiger partial charge on any atom is 0.191 e. The van der Waals surface area contributed by atoms with Gasteiger partial charge in [-0.25, -0.2) is 0 Å². The van der Waals surface area contributed by atoms with Crippen LogP contribution in [0.1, 0.15) is 26.0 Å². The Morgan fingerprint density at radius 1 is 1.53 bits per heavy atom. The molecule has 1 rings (SSSR count). The molecule has 0 saturated heterocycles. The lowest BCUT2D eigenvalue weighted by atomic mass is 10.0. The summed E-state index contributed by atoms with van der Waals surface area (Å²) in [7, 11) is 2.99. The number of ether oxygens (including phenoxy) is 2. The van der Waals surface area contributed by atoms with Crippen molar-refractivity contribution in [1.29, 1.82) is 0 Å². The second-order valence-electron chi connectivity index (χ2n) is 4.02. The van der Waals surface area contributed by atoms with Gasteiger partial charge in [0.15, 0.2) is 11.9 Å². The van der Waals surface area contributed by atoms with E-state index in [1.165, 1.54) is 14.2 Å². The van der Waals surface area contributed by atoms with E-state index in [9.17, 15) is 5.11 Å². The molecule has 6 heteroatoms. The zero-order chi connectivity index (χ0) is 13.1. The average molecular weight is 307 g/mol. The van der Waals surface area contributed by atoms with Crippen LogP contribution < -0.4 is 0 Å². The minimum atomic E-state index is -1.27. The SMILES string of the molecule is CCCn1ncc(Br)c1C(C)(O)C(OC)OC. The Morgan fingerprint density at radius 2 is 2.12 bits per heavy atom. The molecule has 0 aliphatic rings. The Bertz CT molecular complexity index is 362. The van der Waals surface area contributed by atoms with Crippen molar-refractivity contribution in [2.24, 2.45) is 0 Å². The van der Waals surface area contributed by atoms with Crippen LogP contribution in [0.5, 0.6) is 0 Å². The summed E-state index contributed by atoms with van der Waals surface area (Å²) in [5, 5.41) is 14.8. The van der Waals surface area contributed by atoms with Crippen LogP contribution in [0.25, 0.3) is 0 Å². The van der Waals surface area contributed by atoms with Crippen LogP contribution in [0.2, 0.25) is 0 Å². The lowest BCUT2D eigenvalue weighted by Gasteiger charge is -2.31. The predicted molar refractivity (Wildman–Crippen MR) is 67.6 cm³/mol. The highest BCUT2D eigenvalue weighted by Crippen LogP contribution is 2.32. The topological polar surface area (TPSA) is 56.5 Å². The first-order valence-corrected chi connectivity index (χ1v) is 6.28. The standard InChI is InChI=1S/C11H19BrN2O3/c1-5-6-14-9(8(12)7-13-14)11(2,15)10(16-3)17-4/h7,10,15H,5-6H2,1-4H3. The number of hydrogen-bond acceptors (Lipinski definition) is 4. The lowest BCUT2D eigenvalue weighted by molar-refractivity contribution is -0.215. The third-order valence-corrected chi connectivity index (χ3v) is 3.18. The molecule has 0 aromatic carbocycles. The van der Waals surface area contributed by atoms with Crippen molar-refractivity contribution in [3.8, 4) is 0 Å². The normalized spacial score (nSPS) is 15.2. The first-order valence-electron chi connectivity index (χ1n) is 5.48. The van der Waals surface area contributed by atoms with Crippen LogP contribution in [0.3, 0.4) is 0 Å². The third-order valence-electron chi connectivity index (χ3n) is 2.60. The Kier molecular flexibility index (Phi) is 5.12. The molecule has 17 heavy (non-hydrogen) atoms. The van der Waals surface area contributed by atoms with E-state index in [1.807, 2.05) is 0 Å². The molecular formula is C11H19BrN2O3. The summed E-state index contributed by atoms with van der Waals surface area (Å²) >= 11 is 3.40. The summed E-state index contributed by atoms with van der Waals surface area (Å²) in [5.41, 5.74) is -0.610. The molecule has 0 amide bonds.